The highest BCUT2D eigenvalue weighted by Gasteiger charge is 2.16. The molecule has 2 aromatic rings. The minimum atomic E-state index is 0.174. The largest absolute Gasteiger partial charge is 0.468 e. The molecule has 1 aromatic carbocycles. The number of hydrogen-bond donors (Lipinski definition) is 0. The molecular formula is C14H13BrO. The standard InChI is InChI=1S/C14H13BrO/c15-14(13-5-2-8-16-13)12-7-6-10-3-1-4-11(10)9-12/h2,5-9,14H,1,3-4H2. The van der Waals surface area contributed by atoms with E-state index in [1.165, 1.54) is 36.0 Å². The van der Waals surface area contributed by atoms with Crippen LogP contribution in [0, 0.1) is 0 Å². The Morgan fingerprint density at radius 1 is 1.12 bits per heavy atom. The Morgan fingerprint density at radius 3 is 2.81 bits per heavy atom. The van der Waals surface area contributed by atoms with Gasteiger partial charge in [-0.3, -0.25) is 0 Å². The smallest absolute Gasteiger partial charge is 0.121 e. The summed E-state index contributed by atoms with van der Waals surface area (Å²) in [6, 6.07) is 10.7. The van der Waals surface area contributed by atoms with E-state index in [1.54, 1.807) is 6.26 Å². The Kier molecular flexibility index (Phi) is 2.60. The number of rotatable bonds is 2. The summed E-state index contributed by atoms with van der Waals surface area (Å²) in [5.41, 5.74) is 4.31. The van der Waals surface area contributed by atoms with Gasteiger partial charge in [0.1, 0.15) is 5.76 Å². The highest BCUT2D eigenvalue weighted by Crippen LogP contribution is 2.33. The van der Waals surface area contributed by atoms with Gasteiger partial charge in [0.15, 0.2) is 0 Å². The molecule has 82 valence electrons. The van der Waals surface area contributed by atoms with E-state index in [-0.39, 0.29) is 4.83 Å². The fraction of sp³-hybridized carbons (Fsp3) is 0.286. The minimum Gasteiger partial charge on any atom is -0.468 e. The van der Waals surface area contributed by atoms with Crippen LogP contribution >= 0.6 is 15.9 Å². The summed E-state index contributed by atoms with van der Waals surface area (Å²) in [4.78, 5) is 0.174. The van der Waals surface area contributed by atoms with Gasteiger partial charge in [-0.25, -0.2) is 0 Å². The summed E-state index contributed by atoms with van der Waals surface area (Å²) < 4.78 is 5.42. The third kappa shape index (κ3) is 1.71. The monoisotopic (exact) mass is 276 g/mol. The van der Waals surface area contributed by atoms with Gasteiger partial charge in [-0.05, 0) is 48.1 Å². The molecule has 1 nitrogen and oxygen atoms in total. The van der Waals surface area contributed by atoms with Crippen molar-refractivity contribution in [2.75, 3.05) is 0 Å². The highest BCUT2D eigenvalue weighted by molar-refractivity contribution is 9.09. The van der Waals surface area contributed by atoms with Crippen molar-refractivity contribution in [1.82, 2.24) is 0 Å². The zero-order chi connectivity index (χ0) is 11.0. The third-order valence-corrected chi connectivity index (χ3v) is 4.19. The molecule has 16 heavy (non-hydrogen) atoms. The van der Waals surface area contributed by atoms with Crippen LogP contribution in [-0.4, -0.2) is 0 Å². The first kappa shape index (κ1) is 10.2. The third-order valence-electron chi connectivity index (χ3n) is 3.21. The van der Waals surface area contributed by atoms with Crippen molar-refractivity contribution in [1.29, 1.82) is 0 Å². The Labute approximate surface area is 104 Å². The van der Waals surface area contributed by atoms with Crippen molar-refractivity contribution < 1.29 is 4.42 Å². The van der Waals surface area contributed by atoms with Crippen LogP contribution in [0.3, 0.4) is 0 Å². The van der Waals surface area contributed by atoms with Gasteiger partial charge < -0.3 is 4.42 Å². The predicted octanol–water partition coefficient (Wildman–Crippen LogP) is 4.25. The Hall–Kier alpha value is -1.02. The molecule has 0 bridgehead atoms. The number of hydrogen-bond acceptors (Lipinski definition) is 1. The topological polar surface area (TPSA) is 13.1 Å². The molecule has 1 unspecified atom stereocenters. The number of aryl methyl sites for hydroxylation is 2. The lowest BCUT2D eigenvalue weighted by Crippen LogP contribution is -1.93. The summed E-state index contributed by atoms with van der Waals surface area (Å²) in [7, 11) is 0. The summed E-state index contributed by atoms with van der Waals surface area (Å²) in [5, 5.41) is 0. The van der Waals surface area contributed by atoms with Gasteiger partial charge in [0, 0.05) is 0 Å². The lowest BCUT2D eigenvalue weighted by Gasteiger charge is -2.09. The summed E-state index contributed by atoms with van der Waals surface area (Å²) >= 11 is 3.69. The van der Waals surface area contributed by atoms with E-state index in [0.717, 1.165) is 5.76 Å². The molecule has 0 N–H and O–H groups in total. The molecule has 1 atom stereocenters. The van der Waals surface area contributed by atoms with Crippen molar-refractivity contribution in [2.24, 2.45) is 0 Å². The molecule has 0 spiro atoms. The van der Waals surface area contributed by atoms with Crippen molar-refractivity contribution in [3.8, 4) is 0 Å². The number of furan rings is 1. The van der Waals surface area contributed by atoms with Gasteiger partial charge >= 0.3 is 0 Å². The average Bonchev–Trinajstić information content (AvgIpc) is 2.98. The zero-order valence-electron chi connectivity index (χ0n) is 8.95. The second-order valence-electron chi connectivity index (χ2n) is 4.26. The fourth-order valence-corrected chi connectivity index (χ4v) is 2.89. The summed E-state index contributed by atoms with van der Waals surface area (Å²) in [5.74, 6) is 0.970. The number of fused-ring (bicyclic) bond motifs is 1. The molecule has 0 amide bonds. The van der Waals surface area contributed by atoms with Crippen molar-refractivity contribution in [2.45, 2.75) is 24.1 Å². The molecule has 2 heteroatoms. The number of halogens is 1. The maximum atomic E-state index is 5.42. The lowest BCUT2D eigenvalue weighted by atomic mass is 10.0. The quantitative estimate of drug-likeness (QED) is 0.748. The van der Waals surface area contributed by atoms with E-state index in [4.69, 9.17) is 4.42 Å². The Balaban J connectivity index is 1.95. The second kappa shape index (κ2) is 4.10. The molecule has 1 aliphatic rings. The average molecular weight is 277 g/mol. The predicted molar refractivity (Wildman–Crippen MR) is 67.9 cm³/mol. The SMILES string of the molecule is BrC(c1ccc2c(c1)CCC2)c1ccco1. The van der Waals surface area contributed by atoms with Crippen LogP contribution in [0.25, 0.3) is 0 Å². The van der Waals surface area contributed by atoms with Crippen LogP contribution < -0.4 is 0 Å². The number of alkyl halides is 1. The first-order chi connectivity index (χ1) is 7.84. The van der Waals surface area contributed by atoms with Crippen molar-refractivity contribution in [3.63, 3.8) is 0 Å². The molecule has 0 aliphatic heterocycles. The van der Waals surface area contributed by atoms with Gasteiger partial charge in [-0.1, -0.05) is 34.1 Å². The summed E-state index contributed by atoms with van der Waals surface area (Å²) in [6.07, 6.45) is 5.48. The van der Waals surface area contributed by atoms with Gasteiger partial charge in [0.25, 0.3) is 0 Å². The maximum Gasteiger partial charge on any atom is 0.121 e. The molecule has 1 aromatic heterocycles. The van der Waals surface area contributed by atoms with Crippen molar-refractivity contribution >= 4 is 15.9 Å². The molecule has 0 fully saturated rings. The van der Waals surface area contributed by atoms with Crippen molar-refractivity contribution in [3.05, 3.63) is 59.0 Å². The number of benzene rings is 1. The van der Waals surface area contributed by atoms with Gasteiger partial charge in [-0.15, -0.1) is 0 Å². The lowest BCUT2D eigenvalue weighted by molar-refractivity contribution is 0.519. The van der Waals surface area contributed by atoms with Crippen LogP contribution in [-0.2, 0) is 12.8 Å². The Bertz CT molecular complexity index is 487. The van der Waals surface area contributed by atoms with E-state index >= 15 is 0 Å². The van der Waals surface area contributed by atoms with Crippen LogP contribution in [0.5, 0.6) is 0 Å². The van der Waals surface area contributed by atoms with Crippen LogP contribution in [0.15, 0.2) is 41.0 Å². The van der Waals surface area contributed by atoms with Crippen LogP contribution in [0.1, 0.15) is 33.7 Å². The molecule has 1 heterocycles. The Morgan fingerprint density at radius 2 is 2.00 bits per heavy atom. The molecular weight excluding hydrogens is 264 g/mol. The molecule has 0 saturated heterocycles. The van der Waals surface area contributed by atoms with Crippen LogP contribution in [0.2, 0.25) is 0 Å². The zero-order valence-corrected chi connectivity index (χ0v) is 10.5. The van der Waals surface area contributed by atoms with Crippen LogP contribution in [0.4, 0.5) is 0 Å². The van der Waals surface area contributed by atoms with E-state index in [9.17, 15) is 0 Å². The fourth-order valence-electron chi connectivity index (χ4n) is 2.35. The minimum absolute atomic E-state index is 0.174. The van der Waals surface area contributed by atoms with E-state index < -0.39 is 0 Å². The van der Waals surface area contributed by atoms with Gasteiger partial charge in [0.05, 0.1) is 11.1 Å². The highest BCUT2D eigenvalue weighted by atomic mass is 79.9. The first-order valence-electron chi connectivity index (χ1n) is 5.64. The molecule has 0 radical (unpaired) electrons. The molecule has 3 rings (SSSR count). The molecule has 1 aliphatic carbocycles. The van der Waals surface area contributed by atoms with E-state index in [2.05, 4.69) is 34.1 Å². The van der Waals surface area contributed by atoms with E-state index in [1.807, 2.05) is 12.1 Å². The summed E-state index contributed by atoms with van der Waals surface area (Å²) in [6.45, 7) is 0. The normalized spacial score (nSPS) is 16.1. The second-order valence-corrected chi connectivity index (χ2v) is 5.18. The first-order valence-corrected chi connectivity index (χ1v) is 6.55. The van der Waals surface area contributed by atoms with E-state index in [0.29, 0.717) is 0 Å². The molecule has 0 saturated carbocycles. The maximum absolute atomic E-state index is 5.42. The van der Waals surface area contributed by atoms with Gasteiger partial charge in [-0.2, -0.15) is 0 Å². The van der Waals surface area contributed by atoms with Gasteiger partial charge in [0.2, 0.25) is 0 Å².